The van der Waals surface area contributed by atoms with E-state index in [1.807, 2.05) is 41.8 Å². The number of hydrogen-bond donors (Lipinski definition) is 1. The number of carbonyl (C=O) groups is 1. The highest BCUT2D eigenvalue weighted by atomic mass is 32.2. The molecule has 6 nitrogen and oxygen atoms in total. The Hall–Kier alpha value is -3.37. The molecule has 0 aliphatic rings. The number of nitrogens with one attached hydrogen (secondary N) is 1. The third-order valence-corrected chi connectivity index (χ3v) is 5.07. The molecule has 0 bridgehead atoms. The second-order valence-corrected chi connectivity index (χ2v) is 7.32. The summed E-state index contributed by atoms with van der Waals surface area (Å²) in [5.74, 6) is 0.590. The number of aromatic nitrogens is 3. The average molecular weight is 389 g/mol. The summed E-state index contributed by atoms with van der Waals surface area (Å²) in [6, 6.07) is 18.6. The van der Waals surface area contributed by atoms with Gasteiger partial charge in [0.15, 0.2) is 11.0 Å². The van der Waals surface area contributed by atoms with Crippen molar-refractivity contribution < 1.29 is 4.79 Å². The Bertz CT molecular complexity index is 1010. The smallest absolute Gasteiger partial charge is 0.237 e. The van der Waals surface area contributed by atoms with Crippen LogP contribution < -0.4 is 5.32 Å². The molecule has 28 heavy (non-hydrogen) atoms. The van der Waals surface area contributed by atoms with E-state index in [0.717, 1.165) is 11.4 Å². The minimum absolute atomic E-state index is 0.149. The minimum Gasteiger partial charge on any atom is -0.325 e. The largest absolute Gasteiger partial charge is 0.325 e. The highest BCUT2D eigenvalue weighted by Crippen LogP contribution is 2.27. The third kappa shape index (κ3) is 4.48. The van der Waals surface area contributed by atoms with E-state index in [-0.39, 0.29) is 11.2 Å². The molecular weight excluding hydrogens is 370 g/mol. The molecule has 0 aliphatic heterocycles. The molecule has 0 saturated heterocycles. The van der Waals surface area contributed by atoms with Gasteiger partial charge in [0.25, 0.3) is 0 Å². The van der Waals surface area contributed by atoms with Gasteiger partial charge in [0.05, 0.1) is 16.9 Å². The molecule has 1 aromatic heterocycles. The van der Waals surface area contributed by atoms with Crippen molar-refractivity contribution in [3.05, 3.63) is 72.8 Å². The van der Waals surface area contributed by atoms with Gasteiger partial charge >= 0.3 is 0 Å². The summed E-state index contributed by atoms with van der Waals surface area (Å²) in [7, 11) is 0. The van der Waals surface area contributed by atoms with Gasteiger partial charge in [0.2, 0.25) is 5.91 Å². The van der Waals surface area contributed by atoms with Gasteiger partial charge in [0, 0.05) is 17.8 Å². The van der Waals surface area contributed by atoms with Gasteiger partial charge in [0.1, 0.15) is 0 Å². The normalized spacial score (nSPS) is 11.4. The fraction of sp³-hybridized carbons (Fsp3) is 0.143. The lowest BCUT2D eigenvalue weighted by atomic mass is 10.2. The van der Waals surface area contributed by atoms with E-state index in [9.17, 15) is 4.79 Å². The Morgan fingerprint density at radius 3 is 2.61 bits per heavy atom. The first-order valence-corrected chi connectivity index (χ1v) is 9.57. The molecule has 2 aromatic carbocycles. The molecule has 0 unspecified atom stereocenters. The van der Waals surface area contributed by atoms with Gasteiger partial charge in [-0.05, 0) is 31.2 Å². The van der Waals surface area contributed by atoms with Crippen LogP contribution in [-0.4, -0.2) is 25.9 Å². The molecule has 0 spiro atoms. The van der Waals surface area contributed by atoms with Crippen LogP contribution in [0.25, 0.3) is 11.4 Å². The summed E-state index contributed by atoms with van der Waals surface area (Å²) in [5.41, 5.74) is 2.15. The number of carbonyl (C=O) groups excluding carboxylic acids is 1. The summed E-state index contributed by atoms with van der Waals surface area (Å²) in [4.78, 5) is 12.5. The quantitative estimate of drug-likeness (QED) is 0.485. The van der Waals surface area contributed by atoms with Crippen LogP contribution in [-0.2, 0) is 11.3 Å². The number of allylic oxidation sites excluding steroid dienone is 1. The van der Waals surface area contributed by atoms with E-state index in [0.29, 0.717) is 23.0 Å². The van der Waals surface area contributed by atoms with Crippen molar-refractivity contribution in [2.24, 2.45) is 0 Å². The zero-order chi connectivity index (χ0) is 19.9. The second-order valence-electron chi connectivity index (χ2n) is 6.01. The van der Waals surface area contributed by atoms with E-state index in [1.165, 1.54) is 11.8 Å². The summed E-state index contributed by atoms with van der Waals surface area (Å²) in [6.45, 7) is 6.17. The van der Waals surface area contributed by atoms with Gasteiger partial charge in [-0.3, -0.25) is 9.36 Å². The highest BCUT2D eigenvalue weighted by molar-refractivity contribution is 8.00. The summed E-state index contributed by atoms with van der Waals surface area (Å²) < 4.78 is 1.94. The number of nitriles is 1. The van der Waals surface area contributed by atoms with E-state index < -0.39 is 0 Å². The van der Waals surface area contributed by atoms with Crippen LogP contribution in [0, 0.1) is 11.3 Å². The second kappa shape index (κ2) is 9.02. The number of thioether (sulfide) groups is 1. The predicted octanol–water partition coefficient (Wildman–Crippen LogP) is 4.12. The van der Waals surface area contributed by atoms with Crippen LogP contribution in [0.3, 0.4) is 0 Å². The number of hydrogen-bond acceptors (Lipinski definition) is 5. The van der Waals surface area contributed by atoms with Gasteiger partial charge in [-0.15, -0.1) is 16.8 Å². The minimum atomic E-state index is -0.382. The first kappa shape index (κ1) is 19.4. The zero-order valence-electron chi connectivity index (χ0n) is 15.4. The molecule has 0 saturated carbocycles. The lowest BCUT2D eigenvalue weighted by molar-refractivity contribution is -0.115. The number of benzene rings is 2. The maximum Gasteiger partial charge on any atom is 0.237 e. The van der Waals surface area contributed by atoms with Crippen molar-refractivity contribution >= 4 is 23.4 Å². The fourth-order valence-corrected chi connectivity index (χ4v) is 3.41. The van der Waals surface area contributed by atoms with Crippen molar-refractivity contribution in [3.8, 4) is 17.5 Å². The lowest BCUT2D eigenvalue weighted by Gasteiger charge is -2.13. The van der Waals surface area contributed by atoms with E-state index in [4.69, 9.17) is 5.26 Å². The summed E-state index contributed by atoms with van der Waals surface area (Å²) in [5, 5.41) is 20.6. The first-order chi connectivity index (χ1) is 13.6. The zero-order valence-corrected chi connectivity index (χ0v) is 16.2. The number of anilines is 1. The molecule has 1 amide bonds. The lowest BCUT2D eigenvalue weighted by Crippen LogP contribution is -2.23. The van der Waals surface area contributed by atoms with Crippen LogP contribution in [0.5, 0.6) is 0 Å². The van der Waals surface area contributed by atoms with E-state index in [1.54, 1.807) is 30.3 Å². The van der Waals surface area contributed by atoms with Crippen LogP contribution in [0.1, 0.15) is 12.5 Å². The molecule has 3 rings (SSSR count). The molecule has 1 atom stereocenters. The molecule has 0 fully saturated rings. The summed E-state index contributed by atoms with van der Waals surface area (Å²) >= 11 is 1.34. The molecule has 3 aromatic rings. The Labute approximate surface area is 167 Å². The van der Waals surface area contributed by atoms with Crippen LogP contribution in [0.15, 0.2) is 72.4 Å². The molecule has 1 N–H and O–H groups in total. The molecule has 140 valence electrons. The molecule has 0 aliphatic carbocycles. The Kier molecular flexibility index (Phi) is 6.25. The van der Waals surface area contributed by atoms with Crippen molar-refractivity contribution in [2.75, 3.05) is 5.32 Å². The van der Waals surface area contributed by atoms with Gasteiger partial charge < -0.3 is 5.32 Å². The Morgan fingerprint density at radius 1 is 1.25 bits per heavy atom. The summed E-state index contributed by atoms with van der Waals surface area (Å²) in [6.07, 6.45) is 1.78. The standard InChI is InChI=1S/C21H19N5OS/c1-3-13-26-19(17-7-5-4-6-8-17)24-25-21(26)28-15(2)20(27)23-18-11-9-16(14-22)10-12-18/h3-12,15H,1,13H2,2H3,(H,23,27)/t15-/m1/s1. The van der Waals surface area contributed by atoms with Crippen LogP contribution in [0.2, 0.25) is 0 Å². The number of amides is 1. The van der Waals surface area contributed by atoms with Gasteiger partial charge in [-0.2, -0.15) is 5.26 Å². The number of nitrogens with zero attached hydrogens (tertiary/aromatic N) is 4. The maximum absolute atomic E-state index is 12.5. The topological polar surface area (TPSA) is 83.6 Å². The van der Waals surface area contributed by atoms with Crippen molar-refractivity contribution in [1.29, 1.82) is 5.26 Å². The SMILES string of the molecule is C=CCn1c(S[C@H](C)C(=O)Nc2ccc(C#N)cc2)nnc1-c1ccccc1. The monoisotopic (exact) mass is 389 g/mol. The van der Waals surface area contributed by atoms with E-state index >= 15 is 0 Å². The molecule has 1 heterocycles. The predicted molar refractivity (Wildman–Crippen MR) is 111 cm³/mol. The Balaban J connectivity index is 1.74. The van der Waals surface area contributed by atoms with Crippen molar-refractivity contribution in [2.45, 2.75) is 23.9 Å². The molecule has 7 heteroatoms. The fourth-order valence-electron chi connectivity index (χ4n) is 2.55. The van der Waals surface area contributed by atoms with Gasteiger partial charge in [-0.25, -0.2) is 0 Å². The van der Waals surface area contributed by atoms with Crippen LogP contribution >= 0.6 is 11.8 Å². The Morgan fingerprint density at radius 2 is 1.96 bits per heavy atom. The van der Waals surface area contributed by atoms with Crippen LogP contribution in [0.4, 0.5) is 5.69 Å². The van der Waals surface area contributed by atoms with E-state index in [2.05, 4.69) is 28.2 Å². The number of rotatable bonds is 7. The van der Waals surface area contributed by atoms with Gasteiger partial charge in [-0.1, -0.05) is 48.2 Å². The maximum atomic E-state index is 12.5. The first-order valence-electron chi connectivity index (χ1n) is 8.69. The van der Waals surface area contributed by atoms with Crippen molar-refractivity contribution in [1.82, 2.24) is 14.8 Å². The third-order valence-electron chi connectivity index (χ3n) is 3.99. The van der Waals surface area contributed by atoms with Crippen molar-refractivity contribution in [3.63, 3.8) is 0 Å². The average Bonchev–Trinajstić information content (AvgIpc) is 3.11. The highest BCUT2D eigenvalue weighted by Gasteiger charge is 2.20. The molecular formula is C21H19N5OS. The molecule has 0 radical (unpaired) electrons.